The molecule has 0 aromatic carbocycles. The summed E-state index contributed by atoms with van der Waals surface area (Å²) in [5.41, 5.74) is 0.902. The van der Waals surface area contributed by atoms with Crippen molar-refractivity contribution in [3.63, 3.8) is 0 Å². The molecule has 1 amide bonds. The van der Waals surface area contributed by atoms with E-state index in [0.717, 1.165) is 5.69 Å². The molecule has 1 unspecified atom stereocenters. The van der Waals surface area contributed by atoms with Crippen LogP contribution < -0.4 is 0 Å². The molecule has 1 N–H and O–H groups in total. The van der Waals surface area contributed by atoms with Gasteiger partial charge in [0.15, 0.2) is 0 Å². The summed E-state index contributed by atoms with van der Waals surface area (Å²) in [7, 11) is 0. The first-order valence-electron chi connectivity index (χ1n) is 6.17. The lowest BCUT2D eigenvalue weighted by atomic mass is 10.1. The van der Waals surface area contributed by atoms with Gasteiger partial charge in [0.2, 0.25) is 5.91 Å². The second kappa shape index (κ2) is 5.23. The number of imidazole rings is 1. The Balaban J connectivity index is 1.75. The molecular formula is C12H15N5O2. The number of carbonyl (C=O) groups excluding carboxylic acids is 1. The van der Waals surface area contributed by atoms with Crippen molar-refractivity contribution in [2.24, 2.45) is 0 Å². The van der Waals surface area contributed by atoms with Crippen molar-refractivity contribution in [3.8, 4) is 0 Å². The molecule has 1 aliphatic heterocycles. The SMILES string of the molecule is O=C(Cn1ccnc1)N1CCOCC1c1ccn[nH]1. The van der Waals surface area contributed by atoms with Crippen LogP contribution in [0.1, 0.15) is 11.7 Å². The lowest BCUT2D eigenvalue weighted by Gasteiger charge is -2.35. The van der Waals surface area contributed by atoms with Crippen LogP contribution in [-0.4, -0.2) is 50.3 Å². The Morgan fingerprint density at radius 1 is 1.53 bits per heavy atom. The van der Waals surface area contributed by atoms with Gasteiger partial charge in [-0.25, -0.2) is 4.98 Å². The van der Waals surface area contributed by atoms with Gasteiger partial charge >= 0.3 is 0 Å². The van der Waals surface area contributed by atoms with Crippen LogP contribution in [0, 0.1) is 0 Å². The number of nitrogens with zero attached hydrogens (tertiary/aromatic N) is 4. The molecular weight excluding hydrogens is 246 g/mol. The molecule has 0 aliphatic carbocycles. The molecule has 1 atom stereocenters. The van der Waals surface area contributed by atoms with E-state index in [-0.39, 0.29) is 11.9 Å². The monoisotopic (exact) mass is 261 g/mol. The van der Waals surface area contributed by atoms with Crippen molar-refractivity contribution in [1.82, 2.24) is 24.6 Å². The number of amides is 1. The summed E-state index contributed by atoms with van der Waals surface area (Å²) in [4.78, 5) is 18.1. The number of H-pyrrole nitrogens is 1. The number of hydrogen-bond donors (Lipinski definition) is 1. The van der Waals surface area contributed by atoms with Crippen LogP contribution in [0.4, 0.5) is 0 Å². The number of ether oxygens (including phenoxy) is 1. The maximum Gasteiger partial charge on any atom is 0.243 e. The van der Waals surface area contributed by atoms with Gasteiger partial charge in [-0.05, 0) is 6.07 Å². The van der Waals surface area contributed by atoms with Gasteiger partial charge in [-0.3, -0.25) is 9.89 Å². The van der Waals surface area contributed by atoms with Crippen LogP contribution in [0.3, 0.4) is 0 Å². The first-order chi connectivity index (χ1) is 9.34. The van der Waals surface area contributed by atoms with Crippen LogP contribution in [-0.2, 0) is 16.1 Å². The van der Waals surface area contributed by atoms with E-state index in [4.69, 9.17) is 4.74 Å². The molecule has 0 spiro atoms. The Bertz CT molecular complexity index is 522. The summed E-state index contributed by atoms with van der Waals surface area (Å²) < 4.78 is 7.23. The summed E-state index contributed by atoms with van der Waals surface area (Å²) in [6.07, 6.45) is 6.77. The number of aromatic nitrogens is 4. The smallest absolute Gasteiger partial charge is 0.243 e. The van der Waals surface area contributed by atoms with E-state index in [2.05, 4.69) is 15.2 Å². The number of carbonyl (C=O) groups is 1. The molecule has 0 bridgehead atoms. The third kappa shape index (κ3) is 2.50. The van der Waals surface area contributed by atoms with Crippen LogP contribution in [0.25, 0.3) is 0 Å². The Hall–Kier alpha value is -2.15. The molecule has 0 saturated carbocycles. The van der Waals surface area contributed by atoms with Crippen LogP contribution >= 0.6 is 0 Å². The van der Waals surface area contributed by atoms with E-state index in [1.165, 1.54) is 0 Å². The topological polar surface area (TPSA) is 76.0 Å². The fraction of sp³-hybridized carbons (Fsp3) is 0.417. The van der Waals surface area contributed by atoms with E-state index in [0.29, 0.717) is 26.3 Å². The van der Waals surface area contributed by atoms with Crippen molar-refractivity contribution < 1.29 is 9.53 Å². The second-order valence-electron chi connectivity index (χ2n) is 4.42. The van der Waals surface area contributed by atoms with Crippen LogP contribution in [0.15, 0.2) is 31.0 Å². The van der Waals surface area contributed by atoms with Gasteiger partial charge < -0.3 is 14.2 Å². The Labute approximate surface area is 110 Å². The van der Waals surface area contributed by atoms with Gasteiger partial charge in [-0.1, -0.05) is 0 Å². The van der Waals surface area contributed by atoms with Gasteiger partial charge in [-0.2, -0.15) is 5.10 Å². The lowest BCUT2D eigenvalue weighted by molar-refractivity contribution is -0.141. The highest BCUT2D eigenvalue weighted by Crippen LogP contribution is 2.22. The summed E-state index contributed by atoms with van der Waals surface area (Å²) in [5.74, 6) is 0.0564. The Kier molecular flexibility index (Phi) is 3.28. The minimum absolute atomic E-state index is 0.0564. The Morgan fingerprint density at radius 3 is 3.21 bits per heavy atom. The van der Waals surface area contributed by atoms with Gasteiger partial charge in [0, 0.05) is 25.1 Å². The van der Waals surface area contributed by atoms with E-state index < -0.39 is 0 Å². The molecule has 1 saturated heterocycles. The highest BCUT2D eigenvalue weighted by molar-refractivity contribution is 5.76. The fourth-order valence-corrected chi connectivity index (χ4v) is 2.24. The normalized spacial score (nSPS) is 19.6. The number of rotatable bonds is 3. The van der Waals surface area contributed by atoms with Crippen molar-refractivity contribution in [1.29, 1.82) is 0 Å². The first kappa shape index (κ1) is 11.9. The van der Waals surface area contributed by atoms with Crippen molar-refractivity contribution >= 4 is 5.91 Å². The van der Waals surface area contributed by atoms with Crippen molar-refractivity contribution in [2.75, 3.05) is 19.8 Å². The molecule has 1 aliphatic rings. The number of morpholine rings is 1. The molecule has 7 nitrogen and oxygen atoms in total. The minimum atomic E-state index is -0.0905. The second-order valence-corrected chi connectivity index (χ2v) is 4.42. The lowest BCUT2D eigenvalue weighted by Crippen LogP contribution is -2.44. The minimum Gasteiger partial charge on any atom is -0.377 e. The number of hydrogen-bond acceptors (Lipinski definition) is 4. The zero-order valence-electron chi connectivity index (χ0n) is 10.4. The molecule has 7 heteroatoms. The van der Waals surface area contributed by atoms with Crippen LogP contribution in [0.2, 0.25) is 0 Å². The summed E-state index contributed by atoms with van der Waals surface area (Å²) in [6.45, 7) is 1.96. The van der Waals surface area contributed by atoms with E-state index in [1.54, 1.807) is 29.5 Å². The summed E-state index contributed by atoms with van der Waals surface area (Å²) in [6, 6.07) is 1.78. The van der Waals surface area contributed by atoms with Gasteiger partial charge in [0.05, 0.1) is 31.3 Å². The molecule has 19 heavy (non-hydrogen) atoms. The first-order valence-corrected chi connectivity index (χ1v) is 6.17. The predicted octanol–water partition coefficient (Wildman–Crippen LogP) is 0.206. The highest BCUT2D eigenvalue weighted by Gasteiger charge is 2.29. The van der Waals surface area contributed by atoms with E-state index in [9.17, 15) is 4.79 Å². The highest BCUT2D eigenvalue weighted by atomic mass is 16.5. The Morgan fingerprint density at radius 2 is 2.47 bits per heavy atom. The fourth-order valence-electron chi connectivity index (χ4n) is 2.24. The standard InChI is InChI=1S/C12H15N5O2/c18-12(7-16-4-3-13-9-16)17-5-6-19-8-11(17)10-1-2-14-15-10/h1-4,9,11H,5-8H2,(H,14,15). The average Bonchev–Trinajstić information content (AvgIpc) is 3.11. The maximum absolute atomic E-state index is 12.4. The van der Waals surface area contributed by atoms with E-state index >= 15 is 0 Å². The third-order valence-corrected chi connectivity index (χ3v) is 3.21. The van der Waals surface area contributed by atoms with Crippen LogP contribution in [0.5, 0.6) is 0 Å². The molecule has 1 fully saturated rings. The number of nitrogens with one attached hydrogen (secondary N) is 1. The van der Waals surface area contributed by atoms with Gasteiger partial charge in [0.1, 0.15) is 6.54 Å². The largest absolute Gasteiger partial charge is 0.377 e. The summed E-state index contributed by atoms with van der Waals surface area (Å²) >= 11 is 0. The van der Waals surface area contributed by atoms with Crippen molar-refractivity contribution in [2.45, 2.75) is 12.6 Å². The quantitative estimate of drug-likeness (QED) is 0.856. The van der Waals surface area contributed by atoms with E-state index in [1.807, 2.05) is 11.0 Å². The summed E-state index contributed by atoms with van der Waals surface area (Å²) in [5, 5.41) is 6.84. The molecule has 2 aromatic heterocycles. The third-order valence-electron chi connectivity index (χ3n) is 3.21. The predicted molar refractivity (Wildman–Crippen MR) is 66.1 cm³/mol. The molecule has 2 aromatic rings. The molecule has 3 rings (SSSR count). The number of aromatic amines is 1. The van der Waals surface area contributed by atoms with Gasteiger partial charge in [-0.15, -0.1) is 0 Å². The van der Waals surface area contributed by atoms with Gasteiger partial charge in [0.25, 0.3) is 0 Å². The zero-order valence-corrected chi connectivity index (χ0v) is 10.4. The molecule has 3 heterocycles. The van der Waals surface area contributed by atoms with Crippen molar-refractivity contribution in [3.05, 3.63) is 36.7 Å². The molecule has 0 radical (unpaired) electrons. The average molecular weight is 261 g/mol. The molecule has 100 valence electrons. The zero-order chi connectivity index (χ0) is 13.1. The maximum atomic E-state index is 12.4.